The van der Waals surface area contributed by atoms with Crippen molar-refractivity contribution in [2.75, 3.05) is 7.05 Å². The van der Waals surface area contributed by atoms with Crippen molar-refractivity contribution in [3.05, 3.63) is 52.7 Å². The van der Waals surface area contributed by atoms with E-state index in [1.54, 1.807) is 0 Å². The number of aryl methyl sites for hydroxylation is 1. The van der Waals surface area contributed by atoms with Crippen LogP contribution in [0.15, 0.2) is 46.6 Å². The summed E-state index contributed by atoms with van der Waals surface area (Å²) in [5.41, 5.74) is 6.81. The van der Waals surface area contributed by atoms with Crippen molar-refractivity contribution < 1.29 is 0 Å². The summed E-state index contributed by atoms with van der Waals surface area (Å²) in [5.74, 6) is 0. The lowest BCUT2D eigenvalue weighted by atomic mass is 9.97. The number of rotatable bonds is 3. The Morgan fingerprint density at radius 1 is 1.20 bits per heavy atom. The highest BCUT2D eigenvalue weighted by molar-refractivity contribution is 6.23. The highest BCUT2D eigenvalue weighted by Crippen LogP contribution is 2.24. The van der Waals surface area contributed by atoms with E-state index in [1.165, 1.54) is 11.1 Å². The monoisotopic (exact) mass is 267 g/mol. The number of benzene rings is 1. The quantitative estimate of drug-likeness (QED) is 0.803. The number of hydrogen-bond donors (Lipinski definition) is 2. The lowest BCUT2D eigenvalue weighted by Crippen LogP contribution is -2.21. The summed E-state index contributed by atoms with van der Waals surface area (Å²) in [4.78, 5) is 4.78. The smallest absolute Gasteiger partial charge is 0.0872 e. The summed E-state index contributed by atoms with van der Waals surface area (Å²) in [6, 6.07) is 6.15. The number of nitrogens with zero attached hydrogens (tertiary/aromatic N) is 1. The largest absolute Gasteiger partial charge is 0.386 e. The van der Waals surface area contributed by atoms with Crippen LogP contribution in [0.4, 0.5) is 5.69 Å². The molecule has 2 rings (SSSR count). The number of hydrogen-bond acceptors (Lipinski definition) is 3. The molecule has 1 aromatic rings. The van der Waals surface area contributed by atoms with Gasteiger partial charge in [0, 0.05) is 7.05 Å². The molecule has 1 aromatic carbocycles. The van der Waals surface area contributed by atoms with Gasteiger partial charge >= 0.3 is 0 Å². The molecule has 0 heterocycles. The first-order chi connectivity index (χ1) is 9.56. The molecule has 20 heavy (non-hydrogen) atoms. The Bertz CT molecular complexity index is 634. The molecular formula is C17H21N3. The van der Waals surface area contributed by atoms with Crippen molar-refractivity contribution in [1.29, 1.82) is 5.41 Å². The van der Waals surface area contributed by atoms with Crippen molar-refractivity contribution in [2.45, 2.75) is 27.2 Å². The Balaban J connectivity index is 2.51. The van der Waals surface area contributed by atoms with Crippen LogP contribution < -0.4 is 5.32 Å². The average molecular weight is 267 g/mol. The topological polar surface area (TPSA) is 48.2 Å². The van der Waals surface area contributed by atoms with Gasteiger partial charge in [-0.3, -0.25) is 0 Å². The molecule has 104 valence electrons. The van der Waals surface area contributed by atoms with Crippen molar-refractivity contribution in [2.24, 2.45) is 4.99 Å². The van der Waals surface area contributed by atoms with E-state index in [0.29, 0.717) is 5.71 Å². The standard InChI is InChI=1S/C17H21N3/c1-5-13-9-17(16(19-4)10-14(13)18)20-15-8-6-7-11(2)12(15)3/h6-10,18-19H,5H2,1-4H3/b18-14?,20-17+. The molecular weight excluding hydrogens is 246 g/mol. The van der Waals surface area contributed by atoms with E-state index in [-0.39, 0.29) is 0 Å². The van der Waals surface area contributed by atoms with Crippen LogP contribution in [0.25, 0.3) is 0 Å². The van der Waals surface area contributed by atoms with Crippen molar-refractivity contribution in [1.82, 2.24) is 5.32 Å². The second-order valence-corrected chi connectivity index (χ2v) is 4.96. The third kappa shape index (κ3) is 2.72. The van der Waals surface area contributed by atoms with Gasteiger partial charge < -0.3 is 10.7 Å². The van der Waals surface area contributed by atoms with Crippen molar-refractivity contribution in [3.8, 4) is 0 Å². The van der Waals surface area contributed by atoms with Gasteiger partial charge in [-0.1, -0.05) is 19.1 Å². The Kier molecular flexibility index (Phi) is 4.18. The van der Waals surface area contributed by atoms with E-state index in [2.05, 4.69) is 32.2 Å². The molecule has 0 aromatic heterocycles. The molecule has 2 N–H and O–H groups in total. The fraction of sp³-hybridized carbons (Fsp3) is 0.294. The third-order valence-corrected chi connectivity index (χ3v) is 3.69. The van der Waals surface area contributed by atoms with Crippen molar-refractivity contribution in [3.63, 3.8) is 0 Å². The first kappa shape index (κ1) is 14.3. The summed E-state index contributed by atoms with van der Waals surface area (Å²) in [6.45, 7) is 6.25. The van der Waals surface area contributed by atoms with E-state index in [4.69, 9.17) is 10.4 Å². The van der Waals surface area contributed by atoms with Gasteiger partial charge in [0.05, 0.1) is 22.8 Å². The minimum atomic E-state index is 0.566. The van der Waals surface area contributed by atoms with Crippen LogP contribution in [0, 0.1) is 19.3 Å². The maximum Gasteiger partial charge on any atom is 0.0872 e. The molecule has 1 aliphatic carbocycles. The van der Waals surface area contributed by atoms with Gasteiger partial charge in [-0.15, -0.1) is 0 Å². The molecule has 3 nitrogen and oxygen atoms in total. The normalized spacial score (nSPS) is 17.0. The summed E-state index contributed by atoms with van der Waals surface area (Å²) in [5, 5.41) is 11.1. The van der Waals surface area contributed by atoms with E-state index >= 15 is 0 Å². The van der Waals surface area contributed by atoms with Crippen LogP contribution in [-0.4, -0.2) is 18.5 Å². The van der Waals surface area contributed by atoms with Gasteiger partial charge in [0.25, 0.3) is 0 Å². The van der Waals surface area contributed by atoms with Crippen LogP contribution in [-0.2, 0) is 0 Å². The predicted molar refractivity (Wildman–Crippen MR) is 86.3 cm³/mol. The molecule has 0 amide bonds. The third-order valence-electron chi connectivity index (χ3n) is 3.69. The van der Waals surface area contributed by atoms with E-state index < -0.39 is 0 Å². The minimum absolute atomic E-state index is 0.566. The lowest BCUT2D eigenvalue weighted by Gasteiger charge is -2.16. The number of nitrogens with one attached hydrogen (secondary N) is 2. The number of aliphatic imine (C=N–C) groups is 1. The highest BCUT2D eigenvalue weighted by atomic mass is 14.9. The fourth-order valence-electron chi connectivity index (χ4n) is 2.20. The van der Waals surface area contributed by atoms with Crippen LogP contribution in [0.2, 0.25) is 0 Å². The fourth-order valence-corrected chi connectivity index (χ4v) is 2.20. The van der Waals surface area contributed by atoms with Gasteiger partial charge in [0.2, 0.25) is 0 Å². The summed E-state index contributed by atoms with van der Waals surface area (Å²) >= 11 is 0. The molecule has 1 aliphatic rings. The molecule has 0 atom stereocenters. The average Bonchev–Trinajstić information content (AvgIpc) is 2.45. The van der Waals surface area contributed by atoms with Gasteiger partial charge in [-0.25, -0.2) is 4.99 Å². The molecule has 0 saturated heterocycles. The zero-order chi connectivity index (χ0) is 14.7. The molecule has 0 spiro atoms. The van der Waals surface area contributed by atoms with Crippen LogP contribution >= 0.6 is 0 Å². The molecule has 0 bridgehead atoms. The predicted octanol–water partition coefficient (Wildman–Crippen LogP) is 3.85. The van der Waals surface area contributed by atoms with E-state index in [1.807, 2.05) is 31.3 Å². The highest BCUT2D eigenvalue weighted by Gasteiger charge is 2.14. The molecule has 0 aliphatic heterocycles. The van der Waals surface area contributed by atoms with Gasteiger partial charge in [-0.2, -0.15) is 0 Å². The Labute approximate surface area is 120 Å². The SMILES string of the molecule is CCC1=C/C(=N\c2cccc(C)c2C)C(NC)=CC1=N. The summed E-state index contributed by atoms with van der Waals surface area (Å²) in [6.07, 6.45) is 4.71. The minimum Gasteiger partial charge on any atom is -0.386 e. The summed E-state index contributed by atoms with van der Waals surface area (Å²) in [7, 11) is 1.86. The van der Waals surface area contributed by atoms with Crippen LogP contribution in [0.1, 0.15) is 24.5 Å². The second kappa shape index (κ2) is 5.87. The van der Waals surface area contributed by atoms with Crippen molar-refractivity contribution >= 4 is 17.1 Å². The molecule has 0 unspecified atom stereocenters. The second-order valence-electron chi connectivity index (χ2n) is 4.96. The molecule has 3 heteroatoms. The molecule has 0 fully saturated rings. The lowest BCUT2D eigenvalue weighted by molar-refractivity contribution is 1.05. The maximum atomic E-state index is 7.99. The Hall–Kier alpha value is -2.16. The van der Waals surface area contributed by atoms with E-state index in [9.17, 15) is 0 Å². The zero-order valence-electron chi connectivity index (χ0n) is 12.5. The maximum absolute atomic E-state index is 7.99. The van der Waals surface area contributed by atoms with Crippen LogP contribution in [0.3, 0.4) is 0 Å². The molecule has 0 saturated carbocycles. The number of allylic oxidation sites excluding steroid dienone is 3. The van der Waals surface area contributed by atoms with Gasteiger partial charge in [0.1, 0.15) is 0 Å². The summed E-state index contributed by atoms with van der Waals surface area (Å²) < 4.78 is 0. The van der Waals surface area contributed by atoms with Crippen LogP contribution in [0.5, 0.6) is 0 Å². The van der Waals surface area contributed by atoms with Gasteiger partial charge in [-0.05, 0) is 55.2 Å². The van der Waals surface area contributed by atoms with Gasteiger partial charge in [0.15, 0.2) is 0 Å². The Morgan fingerprint density at radius 2 is 1.95 bits per heavy atom. The first-order valence-corrected chi connectivity index (χ1v) is 6.91. The first-order valence-electron chi connectivity index (χ1n) is 6.91. The van der Waals surface area contributed by atoms with E-state index in [0.717, 1.165) is 29.1 Å². The zero-order valence-corrected chi connectivity index (χ0v) is 12.5. The molecule has 0 radical (unpaired) electrons. The Morgan fingerprint density at radius 3 is 2.60 bits per heavy atom.